The van der Waals surface area contributed by atoms with Gasteiger partial charge in [-0.2, -0.15) is 0 Å². The van der Waals surface area contributed by atoms with Gasteiger partial charge in [0.2, 0.25) is 0 Å². The second-order valence-electron chi connectivity index (χ2n) is 8.12. The molecule has 0 heterocycles. The third-order valence-electron chi connectivity index (χ3n) is 6.55. The van der Waals surface area contributed by atoms with E-state index in [1.165, 1.54) is 24.0 Å². The summed E-state index contributed by atoms with van der Waals surface area (Å²) in [6.45, 7) is 7.16. The van der Waals surface area contributed by atoms with Gasteiger partial charge in [0.25, 0.3) is 0 Å². The minimum Gasteiger partial charge on any atom is -0.376 e. The van der Waals surface area contributed by atoms with E-state index in [0.717, 1.165) is 19.1 Å². The summed E-state index contributed by atoms with van der Waals surface area (Å²) in [6.07, 6.45) is 4.77. The van der Waals surface area contributed by atoms with Crippen LogP contribution in [-0.2, 0) is 22.7 Å². The molecule has 0 N–H and O–H groups in total. The Kier molecular flexibility index (Phi) is 6.06. The van der Waals surface area contributed by atoms with Crippen LogP contribution in [0.25, 0.3) is 0 Å². The summed E-state index contributed by atoms with van der Waals surface area (Å²) in [6, 6.07) is 20.9. The summed E-state index contributed by atoms with van der Waals surface area (Å²) in [5.74, 6) is 3.34. The fraction of sp³-hybridized carbons (Fsp3) is 0.440. The largest absolute Gasteiger partial charge is 0.376 e. The molecule has 2 aliphatic carbocycles. The van der Waals surface area contributed by atoms with Crippen LogP contribution in [0.1, 0.15) is 24.0 Å². The van der Waals surface area contributed by atoms with Crippen LogP contribution in [0, 0.1) is 29.6 Å². The average Bonchev–Trinajstić information content (AvgIpc) is 3.28. The smallest absolute Gasteiger partial charge is 0.0717 e. The van der Waals surface area contributed by atoms with Gasteiger partial charge >= 0.3 is 0 Å². The molecule has 2 bridgehead atoms. The van der Waals surface area contributed by atoms with Crippen molar-refractivity contribution in [1.82, 2.24) is 0 Å². The highest BCUT2D eigenvalue weighted by Gasteiger charge is 2.51. The van der Waals surface area contributed by atoms with Gasteiger partial charge in [-0.1, -0.05) is 66.7 Å². The Bertz CT molecular complexity index is 712. The van der Waals surface area contributed by atoms with E-state index in [4.69, 9.17) is 9.47 Å². The second-order valence-corrected chi connectivity index (χ2v) is 8.12. The fourth-order valence-corrected chi connectivity index (χ4v) is 5.21. The van der Waals surface area contributed by atoms with Crippen LogP contribution in [-0.4, -0.2) is 13.2 Å². The molecule has 0 saturated heterocycles. The molecule has 142 valence electrons. The van der Waals surface area contributed by atoms with Crippen molar-refractivity contribution >= 4 is 0 Å². The molecule has 2 aromatic rings. The van der Waals surface area contributed by atoms with Crippen LogP contribution < -0.4 is 0 Å². The lowest BCUT2D eigenvalue weighted by Gasteiger charge is -2.34. The van der Waals surface area contributed by atoms with Gasteiger partial charge in [0.15, 0.2) is 0 Å². The Hall–Kier alpha value is -1.90. The number of fused-ring (bicyclic) bond motifs is 2. The zero-order valence-electron chi connectivity index (χ0n) is 16.0. The van der Waals surface area contributed by atoms with Gasteiger partial charge in [-0.3, -0.25) is 0 Å². The summed E-state index contributed by atoms with van der Waals surface area (Å²) in [7, 11) is 0. The number of hydrogen-bond donors (Lipinski definition) is 0. The van der Waals surface area contributed by atoms with Gasteiger partial charge in [-0.05, 0) is 53.6 Å². The Morgan fingerprint density at radius 3 is 1.89 bits per heavy atom. The summed E-state index contributed by atoms with van der Waals surface area (Å²) < 4.78 is 12.3. The highest BCUT2D eigenvalue weighted by Crippen LogP contribution is 2.55. The lowest BCUT2D eigenvalue weighted by molar-refractivity contribution is -0.00729. The Morgan fingerprint density at radius 1 is 0.778 bits per heavy atom. The Balaban J connectivity index is 1.33. The predicted molar refractivity (Wildman–Crippen MR) is 109 cm³/mol. The lowest BCUT2D eigenvalue weighted by atomic mass is 9.74. The molecule has 0 aromatic heterocycles. The Morgan fingerprint density at radius 2 is 1.33 bits per heavy atom. The molecule has 0 spiro atoms. The first kappa shape index (κ1) is 18.5. The first-order valence-corrected chi connectivity index (χ1v) is 10.2. The van der Waals surface area contributed by atoms with Crippen molar-refractivity contribution in [3.63, 3.8) is 0 Å². The highest BCUT2D eigenvalue weighted by atomic mass is 16.5. The van der Waals surface area contributed by atoms with E-state index >= 15 is 0 Å². The first-order chi connectivity index (χ1) is 13.3. The molecule has 27 heavy (non-hydrogen) atoms. The topological polar surface area (TPSA) is 18.5 Å². The third kappa shape index (κ3) is 4.34. The summed E-state index contributed by atoms with van der Waals surface area (Å²) in [5, 5.41) is 0. The SMILES string of the molecule is C=C[C@H]1C[C@H]2C[C@@H]1[C@@H](COCc1ccccc1)[C@H]2COCc1ccccc1. The van der Waals surface area contributed by atoms with E-state index in [1.807, 2.05) is 6.07 Å². The van der Waals surface area contributed by atoms with Crippen molar-refractivity contribution in [2.45, 2.75) is 26.1 Å². The molecule has 0 unspecified atom stereocenters. The summed E-state index contributed by atoms with van der Waals surface area (Å²) in [5.41, 5.74) is 2.50. The monoisotopic (exact) mass is 362 g/mol. The van der Waals surface area contributed by atoms with E-state index in [-0.39, 0.29) is 0 Å². The van der Waals surface area contributed by atoms with Crippen molar-refractivity contribution in [1.29, 1.82) is 0 Å². The molecule has 0 radical (unpaired) electrons. The summed E-state index contributed by atoms with van der Waals surface area (Å²) >= 11 is 0. The van der Waals surface area contributed by atoms with Crippen molar-refractivity contribution in [3.05, 3.63) is 84.4 Å². The minimum absolute atomic E-state index is 0.589. The van der Waals surface area contributed by atoms with Crippen LogP contribution in [0.5, 0.6) is 0 Å². The average molecular weight is 363 g/mol. The molecule has 4 rings (SSSR count). The zero-order chi connectivity index (χ0) is 18.5. The van der Waals surface area contributed by atoms with E-state index in [1.54, 1.807) is 0 Å². The van der Waals surface area contributed by atoms with Crippen LogP contribution in [0.2, 0.25) is 0 Å². The Labute approximate surface area is 163 Å². The van der Waals surface area contributed by atoms with E-state index in [0.29, 0.717) is 36.9 Å². The van der Waals surface area contributed by atoms with Crippen LogP contribution in [0.15, 0.2) is 73.3 Å². The quantitative estimate of drug-likeness (QED) is 0.549. The van der Waals surface area contributed by atoms with Crippen molar-refractivity contribution in [3.8, 4) is 0 Å². The molecule has 2 aromatic carbocycles. The zero-order valence-corrected chi connectivity index (χ0v) is 16.0. The molecule has 2 nitrogen and oxygen atoms in total. The maximum atomic E-state index is 6.15. The van der Waals surface area contributed by atoms with Gasteiger partial charge in [0, 0.05) is 0 Å². The van der Waals surface area contributed by atoms with Crippen LogP contribution >= 0.6 is 0 Å². The second kappa shape index (κ2) is 8.86. The molecule has 0 aliphatic heterocycles. The van der Waals surface area contributed by atoms with Gasteiger partial charge in [-0.25, -0.2) is 0 Å². The van der Waals surface area contributed by atoms with Gasteiger partial charge in [0.1, 0.15) is 0 Å². The van der Waals surface area contributed by atoms with Crippen molar-refractivity contribution in [2.24, 2.45) is 29.6 Å². The maximum absolute atomic E-state index is 6.15. The molecule has 2 heteroatoms. The number of benzene rings is 2. The molecule has 2 aliphatic rings. The predicted octanol–water partition coefficient (Wildman–Crippen LogP) is 5.49. The van der Waals surface area contributed by atoms with Crippen molar-refractivity contribution < 1.29 is 9.47 Å². The molecular formula is C25H30O2. The van der Waals surface area contributed by atoms with Crippen LogP contribution in [0.3, 0.4) is 0 Å². The normalized spacial score (nSPS) is 29.1. The summed E-state index contributed by atoms with van der Waals surface area (Å²) in [4.78, 5) is 0. The first-order valence-electron chi connectivity index (χ1n) is 10.2. The van der Waals surface area contributed by atoms with E-state index in [9.17, 15) is 0 Å². The minimum atomic E-state index is 0.589. The number of allylic oxidation sites excluding steroid dienone is 1. The van der Waals surface area contributed by atoms with Gasteiger partial charge in [-0.15, -0.1) is 6.58 Å². The molecule has 0 amide bonds. The van der Waals surface area contributed by atoms with Crippen molar-refractivity contribution in [2.75, 3.05) is 13.2 Å². The lowest BCUT2D eigenvalue weighted by Crippen LogP contribution is -2.33. The van der Waals surface area contributed by atoms with E-state index in [2.05, 4.69) is 67.3 Å². The highest BCUT2D eigenvalue weighted by molar-refractivity contribution is 5.14. The molecular weight excluding hydrogens is 332 g/mol. The molecule has 2 fully saturated rings. The number of ether oxygens (including phenoxy) is 2. The van der Waals surface area contributed by atoms with E-state index < -0.39 is 0 Å². The van der Waals surface area contributed by atoms with Gasteiger partial charge in [0.05, 0.1) is 26.4 Å². The fourth-order valence-electron chi connectivity index (χ4n) is 5.21. The van der Waals surface area contributed by atoms with Gasteiger partial charge < -0.3 is 9.47 Å². The number of hydrogen-bond acceptors (Lipinski definition) is 2. The molecule has 5 atom stereocenters. The molecule has 2 saturated carbocycles. The van der Waals surface area contributed by atoms with Crippen LogP contribution in [0.4, 0.5) is 0 Å². The maximum Gasteiger partial charge on any atom is 0.0717 e. The number of rotatable bonds is 9. The third-order valence-corrected chi connectivity index (χ3v) is 6.55. The standard InChI is InChI=1S/C25H30O2/c1-2-21-13-22-14-23(21)25(18-27-16-20-11-7-4-8-12-20)24(22)17-26-15-19-9-5-3-6-10-19/h2-12,21-25H,1,13-18H2/t21-,22-,23-,24-,25+/m0/s1.